The van der Waals surface area contributed by atoms with E-state index in [4.69, 9.17) is 0 Å². The van der Waals surface area contributed by atoms with E-state index < -0.39 is 5.97 Å². The SMILES string of the molecule is CC(=O)n1ncc2c(C)c(CC(=O)[O-])cc(C)c21. The molecular formula is C13H13N2O3-. The van der Waals surface area contributed by atoms with Gasteiger partial charge in [0.1, 0.15) is 0 Å². The van der Waals surface area contributed by atoms with Crippen molar-refractivity contribution in [1.82, 2.24) is 9.78 Å². The zero-order valence-electron chi connectivity index (χ0n) is 10.5. The Balaban J connectivity index is 2.73. The van der Waals surface area contributed by atoms with Crippen LogP contribution in [0, 0.1) is 13.8 Å². The minimum atomic E-state index is -1.11. The van der Waals surface area contributed by atoms with Crippen LogP contribution in [0.1, 0.15) is 28.4 Å². The third-order valence-electron chi connectivity index (χ3n) is 3.05. The highest BCUT2D eigenvalue weighted by Crippen LogP contribution is 2.25. The van der Waals surface area contributed by atoms with Crippen molar-refractivity contribution in [3.63, 3.8) is 0 Å². The van der Waals surface area contributed by atoms with Gasteiger partial charge >= 0.3 is 0 Å². The maximum absolute atomic E-state index is 11.4. The number of carbonyl (C=O) groups is 2. The molecular weight excluding hydrogens is 232 g/mol. The number of hydrogen-bond acceptors (Lipinski definition) is 4. The highest BCUT2D eigenvalue weighted by molar-refractivity contribution is 5.94. The van der Waals surface area contributed by atoms with Crippen molar-refractivity contribution in [3.05, 3.63) is 29.0 Å². The first-order chi connectivity index (χ1) is 8.41. The molecule has 0 aliphatic rings. The number of aliphatic carboxylic acids is 1. The molecule has 5 nitrogen and oxygen atoms in total. The van der Waals surface area contributed by atoms with Crippen LogP contribution >= 0.6 is 0 Å². The normalized spacial score (nSPS) is 10.8. The number of aryl methyl sites for hydroxylation is 2. The Labute approximate surface area is 104 Å². The summed E-state index contributed by atoms with van der Waals surface area (Å²) in [5.74, 6) is -1.28. The van der Waals surface area contributed by atoms with Crippen LogP contribution in [0.4, 0.5) is 0 Å². The van der Waals surface area contributed by atoms with Crippen LogP contribution in [0.25, 0.3) is 10.9 Å². The Morgan fingerprint density at radius 3 is 2.61 bits per heavy atom. The second-order valence-electron chi connectivity index (χ2n) is 4.36. The predicted octanol–water partition coefficient (Wildman–Crippen LogP) is 0.606. The highest BCUT2D eigenvalue weighted by Gasteiger charge is 2.13. The first-order valence-corrected chi connectivity index (χ1v) is 5.59. The summed E-state index contributed by atoms with van der Waals surface area (Å²) in [6, 6.07) is 1.77. The Hall–Kier alpha value is -2.17. The molecule has 0 spiro atoms. The van der Waals surface area contributed by atoms with Gasteiger partial charge in [-0.3, -0.25) is 4.79 Å². The molecule has 0 aliphatic carbocycles. The van der Waals surface area contributed by atoms with Crippen molar-refractivity contribution in [1.29, 1.82) is 0 Å². The topological polar surface area (TPSA) is 75.0 Å². The fourth-order valence-corrected chi connectivity index (χ4v) is 2.19. The molecule has 0 fully saturated rings. The lowest BCUT2D eigenvalue weighted by atomic mass is 9.98. The summed E-state index contributed by atoms with van der Waals surface area (Å²) in [6.07, 6.45) is 1.46. The van der Waals surface area contributed by atoms with Crippen LogP contribution in [-0.2, 0) is 11.2 Å². The van der Waals surface area contributed by atoms with Gasteiger partial charge < -0.3 is 9.90 Å². The largest absolute Gasteiger partial charge is 0.550 e. The smallest absolute Gasteiger partial charge is 0.244 e. The van der Waals surface area contributed by atoms with Gasteiger partial charge in [0.25, 0.3) is 0 Å². The minimum Gasteiger partial charge on any atom is -0.550 e. The summed E-state index contributed by atoms with van der Waals surface area (Å²) in [6.45, 7) is 5.10. The lowest BCUT2D eigenvalue weighted by molar-refractivity contribution is -0.304. The molecule has 0 N–H and O–H groups in total. The van der Waals surface area contributed by atoms with Crippen LogP contribution < -0.4 is 5.11 Å². The van der Waals surface area contributed by atoms with Crippen LogP contribution in [0.2, 0.25) is 0 Å². The van der Waals surface area contributed by atoms with Crippen LogP contribution in [0.3, 0.4) is 0 Å². The van der Waals surface area contributed by atoms with Crippen LogP contribution in [0.15, 0.2) is 12.3 Å². The van der Waals surface area contributed by atoms with Crippen molar-refractivity contribution in [3.8, 4) is 0 Å². The van der Waals surface area contributed by atoms with E-state index in [0.717, 1.165) is 22.0 Å². The van der Waals surface area contributed by atoms with E-state index in [1.54, 1.807) is 12.3 Å². The van der Waals surface area contributed by atoms with Gasteiger partial charge in [-0.2, -0.15) is 5.10 Å². The molecule has 0 amide bonds. The van der Waals surface area contributed by atoms with Crippen molar-refractivity contribution < 1.29 is 14.7 Å². The lowest BCUT2D eigenvalue weighted by Crippen LogP contribution is -2.24. The molecule has 94 valence electrons. The van der Waals surface area contributed by atoms with Crippen molar-refractivity contribution >= 4 is 22.8 Å². The Morgan fingerprint density at radius 2 is 2.06 bits per heavy atom. The number of fused-ring (bicyclic) bond motifs is 1. The van der Waals surface area contributed by atoms with Gasteiger partial charge in [0.05, 0.1) is 11.7 Å². The zero-order chi connectivity index (χ0) is 13.4. The van der Waals surface area contributed by atoms with Crippen molar-refractivity contribution in [2.24, 2.45) is 0 Å². The molecule has 1 aromatic heterocycles. The van der Waals surface area contributed by atoms with E-state index >= 15 is 0 Å². The van der Waals surface area contributed by atoms with E-state index in [1.165, 1.54) is 11.6 Å². The average molecular weight is 245 g/mol. The van der Waals surface area contributed by atoms with Gasteiger partial charge in [-0.25, -0.2) is 4.68 Å². The number of benzene rings is 1. The number of carboxylic acid groups (broad SMARTS) is 1. The van der Waals surface area contributed by atoms with Gasteiger partial charge in [-0.15, -0.1) is 0 Å². The molecule has 0 atom stereocenters. The standard InChI is InChI=1S/C13H14N2O3/c1-7-4-10(5-12(17)18)8(2)11-6-14-15(9(3)16)13(7)11/h4,6H,5H2,1-3H3,(H,17,18)/p-1. The molecule has 0 bridgehead atoms. The molecule has 1 aromatic carbocycles. The number of carbonyl (C=O) groups excluding carboxylic acids is 2. The summed E-state index contributed by atoms with van der Waals surface area (Å²) >= 11 is 0. The van der Waals surface area contributed by atoms with Gasteiger partial charge in [-0.1, -0.05) is 6.07 Å². The maximum Gasteiger partial charge on any atom is 0.244 e. The third kappa shape index (κ3) is 1.88. The second kappa shape index (κ2) is 4.25. The molecule has 0 aliphatic heterocycles. The predicted molar refractivity (Wildman–Crippen MR) is 64.2 cm³/mol. The summed E-state index contributed by atoms with van der Waals surface area (Å²) < 4.78 is 1.33. The first kappa shape index (κ1) is 12.3. The molecule has 2 rings (SSSR count). The van der Waals surface area contributed by atoms with Crippen LogP contribution in [0.5, 0.6) is 0 Å². The quantitative estimate of drug-likeness (QED) is 0.776. The van der Waals surface area contributed by atoms with Crippen molar-refractivity contribution in [2.75, 3.05) is 0 Å². The number of hydrogen-bond donors (Lipinski definition) is 0. The van der Waals surface area contributed by atoms with Gasteiger partial charge in [-0.05, 0) is 30.5 Å². The number of carboxylic acids is 1. The average Bonchev–Trinajstić information content (AvgIpc) is 2.69. The van der Waals surface area contributed by atoms with Gasteiger partial charge in [0, 0.05) is 24.7 Å². The van der Waals surface area contributed by atoms with Crippen molar-refractivity contribution in [2.45, 2.75) is 27.2 Å². The lowest BCUT2D eigenvalue weighted by Gasteiger charge is -2.10. The summed E-state index contributed by atoms with van der Waals surface area (Å²) in [5.41, 5.74) is 3.09. The summed E-state index contributed by atoms with van der Waals surface area (Å²) in [7, 11) is 0. The molecule has 5 heteroatoms. The summed E-state index contributed by atoms with van der Waals surface area (Å²) in [5, 5.41) is 15.5. The first-order valence-electron chi connectivity index (χ1n) is 5.59. The molecule has 0 radical (unpaired) electrons. The Kier molecular flexibility index (Phi) is 2.90. The summed E-state index contributed by atoms with van der Waals surface area (Å²) in [4.78, 5) is 22.1. The van der Waals surface area contributed by atoms with Crippen LogP contribution in [-0.4, -0.2) is 21.7 Å². The molecule has 0 saturated carbocycles. The Morgan fingerprint density at radius 1 is 1.39 bits per heavy atom. The van der Waals surface area contributed by atoms with E-state index in [2.05, 4.69) is 5.10 Å². The zero-order valence-corrected chi connectivity index (χ0v) is 10.5. The molecule has 18 heavy (non-hydrogen) atoms. The molecule has 0 unspecified atom stereocenters. The number of aromatic nitrogens is 2. The van der Waals surface area contributed by atoms with E-state index in [9.17, 15) is 14.7 Å². The van der Waals surface area contributed by atoms with Gasteiger partial charge in [0.15, 0.2) is 0 Å². The minimum absolute atomic E-state index is 0.131. The maximum atomic E-state index is 11.4. The third-order valence-corrected chi connectivity index (χ3v) is 3.05. The molecule has 2 aromatic rings. The second-order valence-corrected chi connectivity index (χ2v) is 4.36. The highest BCUT2D eigenvalue weighted by atomic mass is 16.4. The Bertz CT molecular complexity index is 656. The van der Waals surface area contributed by atoms with Gasteiger partial charge in [0.2, 0.25) is 5.91 Å². The molecule has 1 heterocycles. The fourth-order valence-electron chi connectivity index (χ4n) is 2.19. The monoisotopic (exact) mass is 245 g/mol. The van der Waals surface area contributed by atoms with E-state index in [-0.39, 0.29) is 12.3 Å². The van der Waals surface area contributed by atoms with E-state index in [1.807, 2.05) is 13.8 Å². The van der Waals surface area contributed by atoms with E-state index in [0.29, 0.717) is 5.56 Å². The molecule has 0 saturated heterocycles. The number of rotatable bonds is 2. The number of nitrogens with zero attached hydrogens (tertiary/aromatic N) is 2. The fraction of sp³-hybridized carbons (Fsp3) is 0.308.